The monoisotopic (exact) mass is 270 g/mol. The highest BCUT2D eigenvalue weighted by molar-refractivity contribution is 5.89. The van der Waals surface area contributed by atoms with E-state index in [1.54, 1.807) is 0 Å². The van der Waals surface area contributed by atoms with Crippen LogP contribution in [0.25, 0.3) is 0 Å². The van der Waals surface area contributed by atoms with Gasteiger partial charge in [-0.1, -0.05) is 0 Å². The van der Waals surface area contributed by atoms with Crippen LogP contribution in [0.15, 0.2) is 4.99 Å². The lowest BCUT2D eigenvalue weighted by Gasteiger charge is -2.39. The zero-order valence-electron chi connectivity index (χ0n) is 11.0. The molecule has 1 heterocycles. The third-order valence-electron chi connectivity index (χ3n) is 3.00. The molecule has 2 amide bonds. The molecule has 0 saturated carbocycles. The zero-order valence-corrected chi connectivity index (χ0v) is 11.0. The molecule has 0 spiro atoms. The van der Waals surface area contributed by atoms with E-state index in [9.17, 15) is 9.59 Å². The van der Waals surface area contributed by atoms with Crippen LogP contribution in [0.1, 0.15) is 19.3 Å². The molecule has 1 unspecified atom stereocenters. The second-order valence-corrected chi connectivity index (χ2v) is 4.40. The Morgan fingerprint density at radius 3 is 2.58 bits per heavy atom. The van der Waals surface area contributed by atoms with E-state index in [4.69, 9.17) is 17.2 Å². The van der Waals surface area contributed by atoms with Gasteiger partial charge in [0.05, 0.1) is 6.54 Å². The Kier molecular flexibility index (Phi) is 6.07. The summed E-state index contributed by atoms with van der Waals surface area (Å²) in [7, 11) is 0. The Balaban J connectivity index is 2.15. The molecule has 1 fully saturated rings. The molecule has 0 bridgehead atoms. The molecular formula is C11H22N6O2. The number of carbonyl (C=O) groups is 2. The maximum Gasteiger partial charge on any atom is 0.242 e. The van der Waals surface area contributed by atoms with Gasteiger partial charge in [-0.05, 0) is 19.3 Å². The van der Waals surface area contributed by atoms with Gasteiger partial charge in [-0.2, -0.15) is 0 Å². The van der Waals surface area contributed by atoms with Crippen LogP contribution < -0.4 is 22.5 Å². The molecule has 1 aliphatic heterocycles. The van der Waals surface area contributed by atoms with Gasteiger partial charge < -0.3 is 27.4 Å². The molecule has 19 heavy (non-hydrogen) atoms. The number of nitrogens with one attached hydrogen (secondary N) is 1. The fraction of sp³-hybridized carbons (Fsp3) is 0.727. The third-order valence-corrected chi connectivity index (χ3v) is 3.00. The number of likely N-dealkylation sites (tertiary alicyclic amines) is 1. The lowest BCUT2D eigenvalue weighted by molar-refractivity contribution is -0.146. The number of nitrogens with zero attached hydrogens (tertiary/aromatic N) is 2. The summed E-state index contributed by atoms with van der Waals surface area (Å²) >= 11 is 0. The van der Waals surface area contributed by atoms with Crippen LogP contribution in [-0.2, 0) is 9.59 Å². The number of rotatable bonds is 7. The van der Waals surface area contributed by atoms with Gasteiger partial charge in [0.15, 0.2) is 5.96 Å². The molecule has 1 atom stereocenters. The smallest absolute Gasteiger partial charge is 0.242 e. The number of carbonyl (C=O) groups excluding carboxylic acids is 2. The first-order valence-corrected chi connectivity index (χ1v) is 6.39. The van der Waals surface area contributed by atoms with Gasteiger partial charge in [-0.3, -0.25) is 14.6 Å². The van der Waals surface area contributed by atoms with Gasteiger partial charge in [0, 0.05) is 19.6 Å². The van der Waals surface area contributed by atoms with Crippen molar-refractivity contribution in [3.05, 3.63) is 0 Å². The van der Waals surface area contributed by atoms with E-state index in [-0.39, 0.29) is 30.4 Å². The second kappa shape index (κ2) is 7.57. The van der Waals surface area contributed by atoms with E-state index in [1.807, 2.05) is 0 Å². The Hall–Kier alpha value is -1.83. The summed E-state index contributed by atoms with van der Waals surface area (Å²) in [5, 5.41) is 2.80. The molecule has 0 radical (unpaired) electrons. The highest BCUT2D eigenvalue weighted by Crippen LogP contribution is 2.17. The predicted octanol–water partition coefficient (Wildman–Crippen LogP) is -2.28. The number of aliphatic imine (C=N–C) groups is 1. The molecule has 8 heteroatoms. The maximum absolute atomic E-state index is 11.8. The summed E-state index contributed by atoms with van der Waals surface area (Å²) in [5.74, 6) is -0.219. The van der Waals surface area contributed by atoms with Crippen molar-refractivity contribution in [2.24, 2.45) is 22.2 Å². The molecule has 1 saturated heterocycles. The first-order chi connectivity index (χ1) is 9.06. The van der Waals surface area contributed by atoms with Gasteiger partial charge >= 0.3 is 0 Å². The first-order valence-electron chi connectivity index (χ1n) is 6.39. The van der Waals surface area contributed by atoms with Crippen LogP contribution in [0, 0.1) is 0 Å². The van der Waals surface area contributed by atoms with Crippen molar-refractivity contribution in [3.63, 3.8) is 0 Å². The normalized spacial score (nSPS) is 17.5. The van der Waals surface area contributed by atoms with Crippen LogP contribution in [0.5, 0.6) is 0 Å². The van der Waals surface area contributed by atoms with Crippen LogP contribution in [0.2, 0.25) is 0 Å². The molecular weight excluding hydrogens is 248 g/mol. The number of hydrogen-bond acceptors (Lipinski definition) is 4. The van der Waals surface area contributed by atoms with Crippen molar-refractivity contribution in [1.82, 2.24) is 10.2 Å². The van der Waals surface area contributed by atoms with Crippen molar-refractivity contribution in [2.75, 3.05) is 26.2 Å². The maximum atomic E-state index is 11.8. The van der Waals surface area contributed by atoms with Gasteiger partial charge in [-0.15, -0.1) is 0 Å². The lowest BCUT2D eigenvalue weighted by atomic mass is 10.0. The van der Waals surface area contributed by atoms with Crippen LogP contribution in [0.3, 0.4) is 0 Å². The Morgan fingerprint density at radius 2 is 2.05 bits per heavy atom. The fourth-order valence-electron chi connectivity index (χ4n) is 1.85. The predicted molar refractivity (Wildman–Crippen MR) is 72.1 cm³/mol. The largest absolute Gasteiger partial charge is 0.370 e. The summed E-state index contributed by atoms with van der Waals surface area (Å²) in [6.07, 6.45) is 2.29. The third kappa shape index (κ3) is 4.74. The minimum absolute atomic E-state index is 0.0533. The molecule has 0 aromatic carbocycles. The van der Waals surface area contributed by atoms with E-state index in [0.29, 0.717) is 26.1 Å². The van der Waals surface area contributed by atoms with Crippen molar-refractivity contribution in [3.8, 4) is 0 Å². The first kappa shape index (κ1) is 15.2. The summed E-state index contributed by atoms with van der Waals surface area (Å²) in [6.45, 7) is 1.67. The fourth-order valence-corrected chi connectivity index (χ4v) is 1.85. The van der Waals surface area contributed by atoms with Crippen LogP contribution >= 0.6 is 0 Å². The Bertz CT molecular complexity index is 353. The van der Waals surface area contributed by atoms with Crippen LogP contribution in [0.4, 0.5) is 0 Å². The molecule has 8 nitrogen and oxygen atoms in total. The number of guanidine groups is 1. The average molecular weight is 270 g/mol. The van der Waals surface area contributed by atoms with E-state index < -0.39 is 0 Å². The summed E-state index contributed by atoms with van der Waals surface area (Å²) in [4.78, 5) is 28.5. The molecule has 7 N–H and O–H groups in total. The minimum atomic E-state index is -0.353. The lowest BCUT2D eigenvalue weighted by Crippen LogP contribution is -2.59. The number of hydrogen-bond donors (Lipinski definition) is 4. The van der Waals surface area contributed by atoms with Crippen molar-refractivity contribution >= 4 is 17.8 Å². The molecule has 108 valence electrons. The van der Waals surface area contributed by atoms with E-state index in [2.05, 4.69) is 10.3 Å². The minimum Gasteiger partial charge on any atom is -0.370 e. The Morgan fingerprint density at radius 1 is 1.32 bits per heavy atom. The quantitative estimate of drug-likeness (QED) is 0.234. The summed E-state index contributed by atoms with van der Waals surface area (Å²) < 4.78 is 0. The van der Waals surface area contributed by atoms with Gasteiger partial charge in [0.2, 0.25) is 11.8 Å². The molecule has 1 aliphatic rings. The second-order valence-electron chi connectivity index (χ2n) is 4.40. The molecule has 0 aromatic rings. The van der Waals surface area contributed by atoms with Crippen molar-refractivity contribution in [2.45, 2.75) is 25.3 Å². The highest BCUT2D eigenvalue weighted by Gasteiger charge is 2.36. The Labute approximate surface area is 112 Å². The van der Waals surface area contributed by atoms with E-state index in [0.717, 1.165) is 12.8 Å². The average Bonchev–Trinajstić information content (AvgIpc) is 2.31. The molecule has 0 aromatic heterocycles. The van der Waals surface area contributed by atoms with Crippen LogP contribution in [-0.4, -0.2) is 54.9 Å². The van der Waals surface area contributed by atoms with Crippen molar-refractivity contribution < 1.29 is 9.59 Å². The molecule has 0 aliphatic carbocycles. The number of amides is 2. The van der Waals surface area contributed by atoms with Gasteiger partial charge in [-0.25, -0.2) is 0 Å². The van der Waals surface area contributed by atoms with Crippen molar-refractivity contribution in [1.29, 1.82) is 0 Å². The molecule has 1 rings (SSSR count). The summed E-state index contributed by atoms with van der Waals surface area (Å²) in [6, 6.07) is -0.353. The summed E-state index contributed by atoms with van der Waals surface area (Å²) in [5.41, 5.74) is 15.6. The topological polar surface area (TPSA) is 140 Å². The number of nitrogens with two attached hydrogens (primary N) is 3. The standard InChI is InChI=1S/C11H22N6O2/c12-7-9(18)17-6-3-8(17)10(19)15-4-1-2-5-16-11(13)14/h8H,1-7,12H2,(H,15,19)(H4,13,14,16). The van der Waals surface area contributed by atoms with Gasteiger partial charge in [0.1, 0.15) is 6.04 Å². The number of unbranched alkanes of at least 4 members (excludes halogenated alkanes) is 1. The zero-order chi connectivity index (χ0) is 14.3. The highest BCUT2D eigenvalue weighted by atomic mass is 16.2. The van der Waals surface area contributed by atoms with Gasteiger partial charge in [0.25, 0.3) is 0 Å². The van der Waals surface area contributed by atoms with E-state index >= 15 is 0 Å². The van der Waals surface area contributed by atoms with E-state index in [1.165, 1.54) is 4.90 Å². The SMILES string of the molecule is NCC(=O)N1CCC1C(=O)NCCCCN=C(N)N.